The largest absolute Gasteiger partial charge is 0.490 e. The Bertz CT molecular complexity index is 572. The zero-order chi connectivity index (χ0) is 16.8. The van der Waals surface area contributed by atoms with Crippen molar-refractivity contribution in [2.45, 2.75) is 52.6 Å². The maximum atomic E-state index is 11.5. The van der Waals surface area contributed by atoms with Crippen molar-refractivity contribution in [1.82, 2.24) is 0 Å². The molecular formula is C19H25BrO3. The Hall–Kier alpha value is -1.29. The van der Waals surface area contributed by atoms with Gasteiger partial charge in [-0.05, 0) is 64.5 Å². The smallest absolute Gasteiger partial charge is 0.330 e. The van der Waals surface area contributed by atoms with Gasteiger partial charge in [0.15, 0.2) is 0 Å². The Morgan fingerprint density at radius 2 is 2.00 bits per heavy atom. The Kier molecular flexibility index (Phi) is 6.70. The number of benzene rings is 1. The summed E-state index contributed by atoms with van der Waals surface area (Å²) in [5, 5.41) is 0. The summed E-state index contributed by atoms with van der Waals surface area (Å²) in [7, 11) is 0. The van der Waals surface area contributed by atoms with Crippen LogP contribution < -0.4 is 4.74 Å². The summed E-state index contributed by atoms with van der Waals surface area (Å²) < 4.78 is 12.2. The standard InChI is InChI=1S/C19H25BrO3/c1-4-22-19(21)12-13(2)15-8-10-16(11-9-15)23-18-7-5-6-17(20)14(18)3/h5-7,12,15-16H,4,8-11H2,1-3H3/b13-12+. The summed E-state index contributed by atoms with van der Waals surface area (Å²) in [6.45, 7) is 6.35. The van der Waals surface area contributed by atoms with Crippen molar-refractivity contribution in [3.63, 3.8) is 0 Å². The van der Waals surface area contributed by atoms with Gasteiger partial charge < -0.3 is 9.47 Å². The molecule has 2 rings (SSSR count). The lowest BCUT2D eigenvalue weighted by molar-refractivity contribution is -0.137. The number of rotatable bonds is 5. The molecule has 0 bridgehead atoms. The molecule has 1 aliphatic rings. The van der Waals surface area contributed by atoms with Gasteiger partial charge in [0.05, 0.1) is 12.7 Å². The first-order valence-corrected chi connectivity index (χ1v) is 9.07. The Labute approximate surface area is 147 Å². The first kappa shape index (κ1) is 18.1. The van der Waals surface area contributed by atoms with Gasteiger partial charge in [-0.25, -0.2) is 4.79 Å². The molecule has 0 aliphatic heterocycles. The van der Waals surface area contributed by atoms with Crippen LogP contribution in [0.2, 0.25) is 0 Å². The second-order valence-corrected chi connectivity index (χ2v) is 6.95. The molecule has 1 fully saturated rings. The highest BCUT2D eigenvalue weighted by atomic mass is 79.9. The summed E-state index contributed by atoms with van der Waals surface area (Å²) in [4.78, 5) is 11.5. The second-order valence-electron chi connectivity index (χ2n) is 6.09. The summed E-state index contributed by atoms with van der Waals surface area (Å²) in [6, 6.07) is 6.06. The molecule has 4 heteroatoms. The van der Waals surface area contributed by atoms with Crippen molar-refractivity contribution in [1.29, 1.82) is 0 Å². The highest BCUT2D eigenvalue weighted by molar-refractivity contribution is 9.10. The van der Waals surface area contributed by atoms with Crippen LogP contribution in [0.4, 0.5) is 0 Å². The molecule has 0 atom stereocenters. The fourth-order valence-electron chi connectivity index (χ4n) is 3.02. The van der Waals surface area contributed by atoms with Crippen LogP contribution in [0, 0.1) is 12.8 Å². The first-order chi connectivity index (χ1) is 11.0. The van der Waals surface area contributed by atoms with Crippen molar-refractivity contribution >= 4 is 21.9 Å². The molecule has 1 aromatic carbocycles. The number of halogens is 1. The molecular weight excluding hydrogens is 356 g/mol. The third kappa shape index (κ3) is 5.10. The molecule has 0 amide bonds. The Balaban J connectivity index is 1.89. The molecule has 0 saturated heterocycles. The van der Waals surface area contributed by atoms with E-state index in [2.05, 4.69) is 22.9 Å². The molecule has 126 valence electrons. The first-order valence-electron chi connectivity index (χ1n) is 8.28. The van der Waals surface area contributed by atoms with E-state index in [9.17, 15) is 4.79 Å². The zero-order valence-electron chi connectivity index (χ0n) is 14.1. The number of hydrogen-bond acceptors (Lipinski definition) is 3. The van der Waals surface area contributed by atoms with Crippen LogP contribution in [0.15, 0.2) is 34.3 Å². The number of carbonyl (C=O) groups is 1. The minimum atomic E-state index is -0.229. The molecule has 0 aromatic heterocycles. The minimum Gasteiger partial charge on any atom is -0.490 e. The monoisotopic (exact) mass is 380 g/mol. The number of allylic oxidation sites excluding steroid dienone is 1. The fourth-order valence-corrected chi connectivity index (χ4v) is 3.37. The molecule has 0 spiro atoms. The summed E-state index contributed by atoms with van der Waals surface area (Å²) >= 11 is 3.54. The number of carbonyl (C=O) groups excluding carboxylic acids is 1. The normalized spacial score (nSPS) is 21.8. The van der Waals surface area contributed by atoms with Crippen molar-refractivity contribution in [3.05, 3.63) is 39.9 Å². The van der Waals surface area contributed by atoms with E-state index in [4.69, 9.17) is 9.47 Å². The van der Waals surface area contributed by atoms with Crippen molar-refractivity contribution in [3.8, 4) is 5.75 Å². The summed E-state index contributed by atoms with van der Waals surface area (Å²) in [6.07, 6.45) is 6.05. The Morgan fingerprint density at radius 1 is 1.30 bits per heavy atom. The molecule has 1 aromatic rings. The van der Waals surface area contributed by atoms with Gasteiger partial charge in [0.1, 0.15) is 5.75 Å². The van der Waals surface area contributed by atoms with Gasteiger partial charge in [-0.2, -0.15) is 0 Å². The van der Waals surface area contributed by atoms with Crippen LogP contribution in [0.25, 0.3) is 0 Å². The van der Waals surface area contributed by atoms with E-state index in [0.717, 1.165) is 47.0 Å². The molecule has 0 N–H and O–H groups in total. The summed E-state index contributed by atoms with van der Waals surface area (Å²) in [5.41, 5.74) is 2.27. The lowest BCUT2D eigenvalue weighted by atomic mass is 9.83. The van der Waals surface area contributed by atoms with E-state index in [1.54, 1.807) is 6.08 Å². The van der Waals surface area contributed by atoms with E-state index >= 15 is 0 Å². The zero-order valence-corrected chi connectivity index (χ0v) is 15.7. The van der Waals surface area contributed by atoms with Crippen LogP contribution >= 0.6 is 15.9 Å². The van der Waals surface area contributed by atoms with Gasteiger partial charge in [0.2, 0.25) is 0 Å². The topological polar surface area (TPSA) is 35.5 Å². The Morgan fingerprint density at radius 3 is 2.65 bits per heavy atom. The molecule has 0 heterocycles. The van der Waals surface area contributed by atoms with Crippen LogP contribution in [0.3, 0.4) is 0 Å². The van der Waals surface area contributed by atoms with E-state index in [1.165, 1.54) is 0 Å². The molecule has 3 nitrogen and oxygen atoms in total. The highest BCUT2D eigenvalue weighted by Crippen LogP contribution is 2.34. The van der Waals surface area contributed by atoms with E-state index in [1.807, 2.05) is 32.0 Å². The van der Waals surface area contributed by atoms with Crippen molar-refractivity contribution < 1.29 is 14.3 Å². The fraction of sp³-hybridized carbons (Fsp3) is 0.526. The van der Waals surface area contributed by atoms with E-state index < -0.39 is 0 Å². The minimum absolute atomic E-state index is 0.229. The maximum absolute atomic E-state index is 11.5. The third-order valence-electron chi connectivity index (χ3n) is 4.46. The van der Waals surface area contributed by atoms with Crippen LogP contribution in [0.5, 0.6) is 5.75 Å². The quantitative estimate of drug-likeness (QED) is 0.519. The second kappa shape index (κ2) is 8.53. The average molecular weight is 381 g/mol. The van der Waals surface area contributed by atoms with Gasteiger partial charge >= 0.3 is 5.97 Å². The SMILES string of the molecule is CCOC(=O)/C=C(\C)C1CCC(Oc2cccc(Br)c2C)CC1. The van der Waals surface area contributed by atoms with Gasteiger partial charge in [-0.1, -0.05) is 27.6 Å². The average Bonchev–Trinajstić information content (AvgIpc) is 2.52. The molecule has 0 radical (unpaired) electrons. The van der Waals surface area contributed by atoms with Gasteiger partial charge in [0, 0.05) is 16.1 Å². The predicted molar refractivity (Wildman–Crippen MR) is 95.6 cm³/mol. The number of ether oxygens (including phenoxy) is 2. The van der Waals surface area contributed by atoms with Crippen molar-refractivity contribution in [2.75, 3.05) is 6.61 Å². The number of esters is 1. The van der Waals surface area contributed by atoms with E-state index in [-0.39, 0.29) is 12.1 Å². The van der Waals surface area contributed by atoms with Gasteiger partial charge in [-0.3, -0.25) is 0 Å². The lowest BCUT2D eigenvalue weighted by Crippen LogP contribution is -2.25. The van der Waals surface area contributed by atoms with Crippen LogP contribution in [-0.2, 0) is 9.53 Å². The lowest BCUT2D eigenvalue weighted by Gasteiger charge is -2.30. The predicted octanol–water partition coefficient (Wildman–Crippen LogP) is 5.20. The van der Waals surface area contributed by atoms with E-state index in [0.29, 0.717) is 12.5 Å². The summed E-state index contributed by atoms with van der Waals surface area (Å²) in [5.74, 6) is 1.19. The number of hydrogen-bond donors (Lipinski definition) is 0. The molecule has 1 saturated carbocycles. The van der Waals surface area contributed by atoms with Gasteiger partial charge in [-0.15, -0.1) is 0 Å². The molecule has 1 aliphatic carbocycles. The third-order valence-corrected chi connectivity index (χ3v) is 5.32. The highest BCUT2D eigenvalue weighted by Gasteiger charge is 2.24. The van der Waals surface area contributed by atoms with Crippen LogP contribution in [0.1, 0.15) is 45.1 Å². The van der Waals surface area contributed by atoms with Gasteiger partial charge in [0.25, 0.3) is 0 Å². The van der Waals surface area contributed by atoms with Crippen molar-refractivity contribution in [2.24, 2.45) is 5.92 Å². The van der Waals surface area contributed by atoms with Crippen LogP contribution in [-0.4, -0.2) is 18.7 Å². The molecule has 23 heavy (non-hydrogen) atoms. The maximum Gasteiger partial charge on any atom is 0.330 e. The molecule has 0 unspecified atom stereocenters.